The van der Waals surface area contributed by atoms with Crippen molar-refractivity contribution in [1.29, 1.82) is 0 Å². The van der Waals surface area contributed by atoms with E-state index in [-0.39, 0.29) is 11.9 Å². The maximum absolute atomic E-state index is 12.0. The highest BCUT2D eigenvalue weighted by molar-refractivity contribution is 5.95. The summed E-state index contributed by atoms with van der Waals surface area (Å²) in [7, 11) is 0. The standard InChI is InChI=1S/C16H17N3O/c20-16(15-4-2-10-18-15)19-14-7-5-12(6-8-14)13-3-1-9-17-11-13/h1,3,5-9,11,15,18H,2,4,10H2,(H,19,20). The molecule has 2 heterocycles. The molecule has 1 aromatic carbocycles. The number of carbonyl (C=O) groups is 1. The Kier molecular flexibility index (Phi) is 3.74. The van der Waals surface area contributed by atoms with E-state index < -0.39 is 0 Å². The number of hydrogen-bond donors (Lipinski definition) is 2. The van der Waals surface area contributed by atoms with Crippen LogP contribution < -0.4 is 10.6 Å². The summed E-state index contributed by atoms with van der Waals surface area (Å²) in [5.41, 5.74) is 2.99. The van der Waals surface area contributed by atoms with Gasteiger partial charge in [0.1, 0.15) is 0 Å². The van der Waals surface area contributed by atoms with Crippen LogP contribution in [-0.2, 0) is 4.79 Å². The Balaban J connectivity index is 1.68. The predicted molar refractivity (Wildman–Crippen MR) is 79.3 cm³/mol. The number of carbonyl (C=O) groups excluding carboxylic acids is 1. The van der Waals surface area contributed by atoms with Gasteiger partial charge in [-0.2, -0.15) is 0 Å². The van der Waals surface area contributed by atoms with Crippen LogP contribution in [0.3, 0.4) is 0 Å². The monoisotopic (exact) mass is 267 g/mol. The second-order valence-corrected chi connectivity index (χ2v) is 4.96. The van der Waals surface area contributed by atoms with Crippen molar-refractivity contribution in [2.45, 2.75) is 18.9 Å². The first-order valence-corrected chi connectivity index (χ1v) is 6.88. The lowest BCUT2D eigenvalue weighted by Crippen LogP contribution is -2.35. The largest absolute Gasteiger partial charge is 0.325 e. The Hall–Kier alpha value is -2.20. The maximum Gasteiger partial charge on any atom is 0.241 e. The molecule has 1 aromatic heterocycles. The zero-order chi connectivity index (χ0) is 13.8. The quantitative estimate of drug-likeness (QED) is 0.898. The van der Waals surface area contributed by atoms with E-state index in [1.807, 2.05) is 42.6 Å². The Morgan fingerprint density at radius 1 is 1.20 bits per heavy atom. The molecule has 3 rings (SSSR count). The topological polar surface area (TPSA) is 54.0 Å². The molecule has 1 unspecified atom stereocenters. The summed E-state index contributed by atoms with van der Waals surface area (Å²) in [5, 5.41) is 6.14. The number of nitrogens with one attached hydrogen (secondary N) is 2. The van der Waals surface area contributed by atoms with E-state index in [0.29, 0.717) is 0 Å². The fraction of sp³-hybridized carbons (Fsp3) is 0.250. The van der Waals surface area contributed by atoms with Crippen molar-refractivity contribution in [2.24, 2.45) is 0 Å². The van der Waals surface area contributed by atoms with Gasteiger partial charge in [-0.1, -0.05) is 18.2 Å². The minimum atomic E-state index is -0.0481. The smallest absolute Gasteiger partial charge is 0.241 e. The molecule has 1 atom stereocenters. The average molecular weight is 267 g/mol. The zero-order valence-corrected chi connectivity index (χ0v) is 11.2. The van der Waals surface area contributed by atoms with Gasteiger partial charge in [0.15, 0.2) is 0 Å². The van der Waals surface area contributed by atoms with E-state index in [2.05, 4.69) is 15.6 Å². The lowest BCUT2D eigenvalue weighted by molar-refractivity contribution is -0.117. The van der Waals surface area contributed by atoms with Crippen LogP contribution in [0.4, 0.5) is 5.69 Å². The molecule has 1 aliphatic rings. The van der Waals surface area contributed by atoms with E-state index in [4.69, 9.17) is 0 Å². The molecule has 2 N–H and O–H groups in total. The molecule has 1 saturated heterocycles. The Morgan fingerprint density at radius 3 is 2.70 bits per heavy atom. The summed E-state index contributed by atoms with van der Waals surface area (Å²) in [6, 6.07) is 11.7. The van der Waals surface area contributed by atoms with Crippen molar-refractivity contribution >= 4 is 11.6 Å². The molecule has 4 nitrogen and oxygen atoms in total. The van der Waals surface area contributed by atoms with Gasteiger partial charge in [-0.15, -0.1) is 0 Å². The molecule has 0 radical (unpaired) electrons. The first-order chi connectivity index (χ1) is 9.83. The second-order valence-electron chi connectivity index (χ2n) is 4.96. The van der Waals surface area contributed by atoms with Gasteiger partial charge in [0, 0.05) is 18.1 Å². The predicted octanol–water partition coefficient (Wildman–Crippen LogP) is 2.44. The van der Waals surface area contributed by atoms with E-state index >= 15 is 0 Å². The highest BCUT2D eigenvalue weighted by Gasteiger charge is 2.21. The molecule has 0 saturated carbocycles. The molecule has 1 amide bonds. The first kappa shape index (κ1) is 12.8. The van der Waals surface area contributed by atoms with Crippen molar-refractivity contribution in [3.05, 3.63) is 48.8 Å². The fourth-order valence-electron chi connectivity index (χ4n) is 2.42. The molecule has 20 heavy (non-hydrogen) atoms. The van der Waals surface area contributed by atoms with Gasteiger partial charge in [0.25, 0.3) is 0 Å². The molecule has 2 aromatic rings. The molecule has 0 aliphatic carbocycles. The minimum absolute atomic E-state index is 0.0481. The maximum atomic E-state index is 12.0. The molecule has 1 aliphatic heterocycles. The van der Waals surface area contributed by atoms with Crippen molar-refractivity contribution in [2.75, 3.05) is 11.9 Å². The molecule has 0 spiro atoms. The number of hydrogen-bond acceptors (Lipinski definition) is 3. The van der Waals surface area contributed by atoms with E-state index in [9.17, 15) is 4.79 Å². The van der Waals surface area contributed by atoms with Crippen molar-refractivity contribution < 1.29 is 4.79 Å². The summed E-state index contributed by atoms with van der Waals surface area (Å²) >= 11 is 0. The van der Waals surface area contributed by atoms with Gasteiger partial charge in [-0.05, 0) is 48.7 Å². The molecular formula is C16H17N3O. The first-order valence-electron chi connectivity index (χ1n) is 6.88. The summed E-state index contributed by atoms with van der Waals surface area (Å²) < 4.78 is 0. The Labute approximate surface area is 118 Å². The van der Waals surface area contributed by atoms with Crippen LogP contribution in [0.1, 0.15) is 12.8 Å². The van der Waals surface area contributed by atoms with Crippen LogP contribution in [0.15, 0.2) is 48.8 Å². The average Bonchev–Trinajstić information content (AvgIpc) is 3.03. The molecule has 102 valence electrons. The van der Waals surface area contributed by atoms with Gasteiger partial charge < -0.3 is 10.6 Å². The van der Waals surface area contributed by atoms with Gasteiger partial charge in [0.05, 0.1) is 6.04 Å². The van der Waals surface area contributed by atoms with Crippen LogP contribution >= 0.6 is 0 Å². The van der Waals surface area contributed by atoms with Crippen molar-refractivity contribution in [1.82, 2.24) is 10.3 Å². The number of pyridine rings is 1. The number of aromatic nitrogens is 1. The van der Waals surface area contributed by atoms with Crippen molar-refractivity contribution in [3.8, 4) is 11.1 Å². The molecule has 4 heteroatoms. The zero-order valence-electron chi connectivity index (χ0n) is 11.2. The summed E-state index contributed by atoms with van der Waals surface area (Å²) in [6.45, 7) is 0.929. The second kappa shape index (κ2) is 5.84. The van der Waals surface area contributed by atoms with Gasteiger partial charge in [0.2, 0.25) is 5.91 Å². The lowest BCUT2D eigenvalue weighted by Gasteiger charge is -2.11. The SMILES string of the molecule is O=C(Nc1ccc(-c2cccnc2)cc1)C1CCCN1. The van der Waals surface area contributed by atoms with Gasteiger partial charge in [-0.25, -0.2) is 0 Å². The third kappa shape index (κ3) is 2.86. The number of anilines is 1. The molecular weight excluding hydrogens is 250 g/mol. The van der Waals surface area contributed by atoms with Crippen LogP contribution in [0.25, 0.3) is 11.1 Å². The Bertz CT molecular complexity index is 574. The number of rotatable bonds is 3. The summed E-state index contributed by atoms with van der Waals surface area (Å²) in [4.78, 5) is 16.1. The van der Waals surface area contributed by atoms with Crippen molar-refractivity contribution in [3.63, 3.8) is 0 Å². The number of nitrogens with zero attached hydrogens (tertiary/aromatic N) is 1. The lowest BCUT2D eigenvalue weighted by atomic mass is 10.1. The fourth-order valence-corrected chi connectivity index (χ4v) is 2.42. The van der Waals surface area contributed by atoms with Crippen LogP contribution in [-0.4, -0.2) is 23.5 Å². The summed E-state index contributed by atoms with van der Waals surface area (Å²) in [6.07, 6.45) is 5.57. The minimum Gasteiger partial charge on any atom is -0.325 e. The van der Waals surface area contributed by atoms with Gasteiger partial charge in [-0.3, -0.25) is 9.78 Å². The highest BCUT2D eigenvalue weighted by Crippen LogP contribution is 2.20. The third-order valence-corrected chi connectivity index (χ3v) is 3.52. The van der Waals surface area contributed by atoms with Gasteiger partial charge >= 0.3 is 0 Å². The third-order valence-electron chi connectivity index (χ3n) is 3.52. The molecule has 1 fully saturated rings. The number of amides is 1. The molecule has 0 bridgehead atoms. The van der Waals surface area contributed by atoms with Crippen LogP contribution in [0.2, 0.25) is 0 Å². The Morgan fingerprint density at radius 2 is 2.05 bits per heavy atom. The highest BCUT2D eigenvalue weighted by atomic mass is 16.2. The van der Waals surface area contributed by atoms with E-state index in [1.54, 1.807) is 6.20 Å². The van der Waals surface area contributed by atoms with Crippen LogP contribution in [0, 0.1) is 0 Å². The van der Waals surface area contributed by atoms with E-state index in [1.165, 1.54) is 0 Å². The van der Waals surface area contributed by atoms with E-state index in [0.717, 1.165) is 36.2 Å². The summed E-state index contributed by atoms with van der Waals surface area (Å²) in [5.74, 6) is 0.0524. The van der Waals surface area contributed by atoms with Crippen LogP contribution in [0.5, 0.6) is 0 Å². The normalized spacial score (nSPS) is 17.9. The number of benzene rings is 1.